The van der Waals surface area contributed by atoms with Crippen LogP contribution in [0.2, 0.25) is 0 Å². The Bertz CT molecular complexity index is 1090. The first-order chi connectivity index (χ1) is 13.8. The van der Waals surface area contributed by atoms with E-state index in [-0.39, 0.29) is 11.4 Å². The minimum atomic E-state index is -4.42. The number of nitrogens with zero attached hydrogens (tertiary/aromatic N) is 3. The minimum absolute atomic E-state index is 0.231. The molecule has 0 atom stereocenters. The highest BCUT2D eigenvalue weighted by molar-refractivity contribution is 5.56. The molecule has 0 spiro atoms. The Balaban J connectivity index is 1.57. The number of rotatable bonds is 3. The van der Waals surface area contributed by atoms with Crippen LogP contribution in [0.4, 0.5) is 17.6 Å². The van der Waals surface area contributed by atoms with Gasteiger partial charge in [0.1, 0.15) is 5.82 Å². The van der Waals surface area contributed by atoms with Gasteiger partial charge in [0.05, 0.1) is 16.8 Å². The highest BCUT2D eigenvalue weighted by Gasteiger charge is 2.30. The highest BCUT2D eigenvalue weighted by Crippen LogP contribution is 2.30. The van der Waals surface area contributed by atoms with Gasteiger partial charge in [0.15, 0.2) is 0 Å². The lowest BCUT2D eigenvalue weighted by Crippen LogP contribution is -2.35. The number of pyridine rings is 1. The summed E-state index contributed by atoms with van der Waals surface area (Å²) in [5.41, 5.74) is 0.823. The first-order valence-corrected chi connectivity index (χ1v) is 8.93. The molecular weight excluding hydrogens is 388 g/mol. The van der Waals surface area contributed by atoms with Crippen molar-refractivity contribution in [2.45, 2.75) is 25.7 Å². The van der Waals surface area contributed by atoms with E-state index >= 15 is 0 Å². The lowest BCUT2D eigenvalue weighted by molar-refractivity contribution is -0.137. The second-order valence-corrected chi connectivity index (χ2v) is 6.83. The highest BCUT2D eigenvalue weighted by atomic mass is 19.4. The molecule has 2 aromatic heterocycles. The molecule has 0 saturated carbocycles. The zero-order chi connectivity index (χ0) is 20.6. The summed E-state index contributed by atoms with van der Waals surface area (Å²) < 4.78 is 51.9. The van der Waals surface area contributed by atoms with Crippen LogP contribution >= 0.6 is 0 Å². The molecule has 0 amide bonds. The van der Waals surface area contributed by atoms with Gasteiger partial charge < -0.3 is 4.98 Å². The lowest BCUT2D eigenvalue weighted by atomic mass is 10.1. The molecule has 4 rings (SSSR count). The smallest absolute Gasteiger partial charge is 0.306 e. The largest absolute Gasteiger partial charge is 0.416 e. The Hall–Kier alpha value is -3.07. The molecule has 3 heterocycles. The summed E-state index contributed by atoms with van der Waals surface area (Å²) in [6.45, 7) is 1.20. The van der Waals surface area contributed by atoms with E-state index in [2.05, 4.69) is 15.0 Å². The number of alkyl halides is 3. The number of halogens is 4. The number of aromatic amines is 1. The van der Waals surface area contributed by atoms with Crippen molar-refractivity contribution in [1.82, 2.24) is 19.9 Å². The topological polar surface area (TPSA) is 61.9 Å². The number of hydrogen-bond acceptors (Lipinski definition) is 4. The van der Waals surface area contributed by atoms with E-state index in [1.165, 1.54) is 18.3 Å². The molecule has 1 aromatic carbocycles. The van der Waals surface area contributed by atoms with E-state index in [9.17, 15) is 22.4 Å². The van der Waals surface area contributed by atoms with Crippen LogP contribution in [0.3, 0.4) is 0 Å². The van der Waals surface area contributed by atoms with Crippen molar-refractivity contribution >= 4 is 0 Å². The standard InChI is InChI=1S/C20H16F4N4O/c21-17-13(2-1-8-25-17)10-28-9-7-16-15(11-28)19(29)27-18(26-16)12-3-5-14(6-4-12)20(22,23)24/h1-6,8H,7,9-11H2,(H,26,27,29). The first-order valence-electron chi connectivity index (χ1n) is 8.93. The van der Waals surface area contributed by atoms with Gasteiger partial charge >= 0.3 is 6.18 Å². The monoisotopic (exact) mass is 404 g/mol. The normalized spacial score (nSPS) is 14.6. The van der Waals surface area contributed by atoms with Crippen LogP contribution in [0.1, 0.15) is 22.4 Å². The van der Waals surface area contributed by atoms with Crippen molar-refractivity contribution in [1.29, 1.82) is 0 Å². The molecular formula is C20H16F4N4O. The van der Waals surface area contributed by atoms with Crippen LogP contribution < -0.4 is 5.56 Å². The summed E-state index contributed by atoms with van der Waals surface area (Å²) in [6, 6.07) is 7.79. The Labute approximate surface area is 163 Å². The number of benzene rings is 1. The van der Waals surface area contributed by atoms with E-state index in [0.29, 0.717) is 48.4 Å². The van der Waals surface area contributed by atoms with E-state index in [1.54, 1.807) is 12.1 Å². The van der Waals surface area contributed by atoms with Gasteiger partial charge in [-0.3, -0.25) is 9.69 Å². The van der Waals surface area contributed by atoms with Gasteiger partial charge in [0.2, 0.25) is 5.95 Å². The Morgan fingerprint density at radius 3 is 2.59 bits per heavy atom. The average molecular weight is 404 g/mol. The van der Waals surface area contributed by atoms with Crippen molar-refractivity contribution in [2.75, 3.05) is 6.54 Å². The zero-order valence-corrected chi connectivity index (χ0v) is 15.1. The Kier molecular flexibility index (Phi) is 4.91. The fourth-order valence-electron chi connectivity index (χ4n) is 3.35. The summed E-state index contributed by atoms with van der Waals surface area (Å²) >= 11 is 0. The summed E-state index contributed by atoms with van der Waals surface area (Å²) in [4.78, 5) is 25.2. The van der Waals surface area contributed by atoms with Crippen LogP contribution in [-0.4, -0.2) is 26.4 Å². The number of nitrogens with one attached hydrogen (secondary N) is 1. The molecule has 0 saturated heterocycles. The molecule has 1 aliphatic rings. The molecule has 3 aromatic rings. The molecule has 9 heteroatoms. The van der Waals surface area contributed by atoms with E-state index in [4.69, 9.17) is 0 Å². The minimum Gasteiger partial charge on any atom is -0.306 e. The molecule has 1 aliphatic heterocycles. The second kappa shape index (κ2) is 7.40. The van der Waals surface area contributed by atoms with Crippen LogP contribution in [0.5, 0.6) is 0 Å². The maximum absolute atomic E-state index is 13.8. The van der Waals surface area contributed by atoms with Crippen molar-refractivity contribution < 1.29 is 17.6 Å². The van der Waals surface area contributed by atoms with Crippen LogP contribution in [-0.2, 0) is 25.7 Å². The molecule has 0 aliphatic carbocycles. The van der Waals surface area contributed by atoms with Crippen molar-refractivity contribution in [3.63, 3.8) is 0 Å². The van der Waals surface area contributed by atoms with E-state index < -0.39 is 17.7 Å². The van der Waals surface area contributed by atoms with Crippen molar-refractivity contribution in [2.24, 2.45) is 0 Å². The predicted molar refractivity (Wildman–Crippen MR) is 97.3 cm³/mol. The van der Waals surface area contributed by atoms with Gasteiger partial charge in [-0.15, -0.1) is 0 Å². The lowest BCUT2D eigenvalue weighted by Gasteiger charge is -2.27. The third-order valence-corrected chi connectivity index (χ3v) is 4.86. The molecule has 0 unspecified atom stereocenters. The number of hydrogen-bond donors (Lipinski definition) is 1. The zero-order valence-electron chi connectivity index (χ0n) is 15.1. The first kappa shape index (κ1) is 19.3. The molecule has 1 N–H and O–H groups in total. The number of H-pyrrole nitrogens is 1. The van der Waals surface area contributed by atoms with Gasteiger partial charge in [-0.05, 0) is 18.2 Å². The van der Waals surface area contributed by atoms with Crippen molar-refractivity contribution in [3.8, 4) is 11.4 Å². The van der Waals surface area contributed by atoms with Gasteiger partial charge in [0, 0.05) is 43.4 Å². The third-order valence-electron chi connectivity index (χ3n) is 4.86. The summed E-state index contributed by atoms with van der Waals surface area (Å²) in [5.74, 6) is -0.308. The van der Waals surface area contributed by atoms with E-state index in [1.807, 2.05) is 4.90 Å². The molecule has 0 fully saturated rings. The van der Waals surface area contributed by atoms with Gasteiger partial charge in [0.25, 0.3) is 5.56 Å². The molecule has 5 nitrogen and oxygen atoms in total. The summed E-state index contributed by atoms with van der Waals surface area (Å²) in [7, 11) is 0. The number of aromatic nitrogens is 3. The quantitative estimate of drug-likeness (QED) is 0.536. The third kappa shape index (κ3) is 4.04. The Morgan fingerprint density at radius 1 is 1.14 bits per heavy atom. The summed E-state index contributed by atoms with van der Waals surface area (Å²) in [6.07, 6.45) is -2.57. The molecule has 150 valence electrons. The molecule has 0 radical (unpaired) electrons. The SMILES string of the molecule is O=c1[nH]c(-c2ccc(C(F)(F)F)cc2)nc2c1CN(Cc1cccnc1F)CC2. The van der Waals surface area contributed by atoms with Gasteiger partial charge in [-0.2, -0.15) is 17.6 Å². The predicted octanol–water partition coefficient (Wildman–Crippen LogP) is 3.55. The maximum Gasteiger partial charge on any atom is 0.416 e. The van der Waals surface area contributed by atoms with E-state index in [0.717, 1.165) is 12.1 Å². The Morgan fingerprint density at radius 2 is 1.90 bits per heavy atom. The molecule has 29 heavy (non-hydrogen) atoms. The van der Waals surface area contributed by atoms with Crippen molar-refractivity contribution in [3.05, 3.63) is 81.3 Å². The second-order valence-electron chi connectivity index (χ2n) is 6.83. The van der Waals surface area contributed by atoms with Crippen LogP contribution in [0, 0.1) is 5.95 Å². The number of fused-ring (bicyclic) bond motifs is 1. The van der Waals surface area contributed by atoms with Crippen LogP contribution in [0.15, 0.2) is 47.4 Å². The fourth-order valence-corrected chi connectivity index (χ4v) is 3.35. The van der Waals surface area contributed by atoms with Gasteiger partial charge in [-0.1, -0.05) is 18.2 Å². The molecule has 0 bridgehead atoms. The maximum atomic E-state index is 13.8. The van der Waals surface area contributed by atoms with Crippen LogP contribution in [0.25, 0.3) is 11.4 Å². The summed E-state index contributed by atoms with van der Waals surface area (Å²) in [5, 5.41) is 0. The fraction of sp³-hybridized carbons (Fsp3) is 0.250. The average Bonchev–Trinajstić information content (AvgIpc) is 2.69. The van der Waals surface area contributed by atoms with Gasteiger partial charge in [-0.25, -0.2) is 9.97 Å².